The lowest BCUT2D eigenvalue weighted by molar-refractivity contribution is -0.385. The summed E-state index contributed by atoms with van der Waals surface area (Å²) in [6.07, 6.45) is 0. The number of nitro groups is 1. The van der Waals surface area contributed by atoms with Crippen molar-refractivity contribution >= 4 is 11.5 Å². The van der Waals surface area contributed by atoms with Crippen molar-refractivity contribution in [3.63, 3.8) is 0 Å². The number of nitro benzene ring substituents is 1. The Hall–Kier alpha value is -1.75. The van der Waals surface area contributed by atoms with E-state index >= 15 is 0 Å². The molecule has 0 amide bonds. The van der Waals surface area contributed by atoms with Gasteiger partial charge in [-0.2, -0.15) is 0 Å². The van der Waals surface area contributed by atoms with Crippen molar-refractivity contribution in [3.05, 3.63) is 39.9 Å². The summed E-state index contributed by atoms with van der Waals surface area (Å²) in [5, 5.41) is 13.4. The summed E-state index contributed by atoms with van der Waals surface area (Å²) in [7, 11) is 1.64. The maximum absolute atomic E-state index is 11.7. The molecule has 0 aliphatic heterocycles. The molecule has 1 N–H and O–H groups in total. The number of benzene rings is 1. The summed E-state index contributed by atoms with van der Waals surface area (Å²) in [5.74, 6) is -0.273. The number of nitrogens with zero attached hydrogens (tertiary/aromatic N) is 1. The van der Waals surface area contributed by atoms with E-state index < -0.39 is 11.0 Å². The number of rotatable bonds is 4. The van der Waals surface area contributed by atoms with Gasteiger partial charge >= 0.3 is 0 Å². The van der Waals surface area contributed by atoms with Crippen LogP contribution in [0.25, 0.3) is 0 Å². The van der Waals surface area contributed by atoms with E-state index in [1.807, 2.05) is 0 Å². The lowest BCUT2D eigenvalue weighted by atomic mass is 10.0. The number of para-hydroxylation sites is 1. The predicted molar refractivity (Wildman–Crippen MR) is 55.9 cm³/mol. The fourth-order valence-corrected chi connectivity index (χ4v) is 1.21. The number of carbonyl (C=O) groups is 1. The molecule has 0 aromatic heterocycles. The highest BCUT2D eigenvalue weighted by atomic mass is 16.6. The third-order valence-corrected chi connectivity index (χ3v) is 2.19. The van der Waals surface area contributed by atoms with Crippen molar-refractivity contribution in [1.82, 2.24) is 5.32 Å². The van der Waals surface area contributed by atoms with Crippen molar-refractivity contribution in [2.45, 2.75) is 13.0 Å². The quantitative estimate of drug-likeness (QED) is 0.461. The van der Waals surface area contributed by atoms with Crippen LogP contribution in [0.1, 0.15) is 17.3 Å². The maximum Gasteiger partial charge on any atom is 0.280 e. The summed E-state index contributed by atoms with van der Waals surface area (Å²) in [6, 6.07) is 5.52. The van der Waals surface area contributed by atoms with E-state index in [1.165, 1.54) is 12.1 Å². The Morgan fingerprint density at radius 3 is 2.60 bits per heavy atom. The minimum Gasteiger partial charge on any atom is -0.310 e. The Kier molecular flexibility index (Phi) is 3.51. The summed E-state index contributed by atoms with van der Waals surface area (Å²) >= 11 is 0. The van der Waals surface area contributed by atoms with Crippen molar-refractivity contribution in [3.8, 4) is 0 Å². The zero-order chi connectivity index (χ0) is 11.4. The molecule has 0 saturated heterocycles. The lowest BCUT2D eigenvalue weighted by Crippen LogP contribution is -2.31. The molecule has 0 spiro atoms. The van der Waals surface area contributed by atoms with Crippen LogP contribution in [0.15, 0.2) is 24.3 Å². The second-order valence-corrected chi connectivity index (χ2v) is 3.15. The van der Waals surface area contributed by atoms with Crippen molar-refractivity contribution in [1.29, 1.82) is 0 Å². The molecule has 15 heavy (non-hydrogen) atoms. The molecule has 1 atom stereocenters. The van der Waals surface area contributed by atoms with E-state index in [4.69, 9.17) is 0 Å². The molecule has 0 aliphatic rings. The van der Waals surface area contributed by atoms with Gasteiger partial charge in [0.2, 0.25) is 0 Å². The van der Waals surface area contributed by atoms with Crippen molar-refractivity contribution in [2.75, 3.05) is 7.05 Å². The van der Waals surface area contributed by atoms with E-state index in [2.05, 4.69) is 5.32 Å². The number of nitrogens with one attached hydrogen (secondary N) is 1. The fourth-order valence-electron chi connectivity index (χ4n) is 1.21. The molecular weight excluding hydrogens is 196 g/mol. The van der Waals surface area contributed by atoms with Gasteiger partial charge in [0.1, 0.15) is 0 Å². The van der Waals surface area contributed by atoms with E-state index in [1.54, 1.807) is 26.1 Å². The fraction of sp³-hybridized carbons (Fsp3) is 0.300. The van der Waals surface area contributed by atoms with Crippen molar-refractivity contribution in [2.24, 2.45) is 0 Å². The first-order valence-electron chi connectivity index (χ1n) is 4.52. The highest BCUT2D eigenvalue weighted by molar-refractivity contribution is 6.03. The zero-order valence-electron chi connectivity index (χ0n) is 8.56. The second kappa shape index (κ2) is 4.65. The molecule has 1 rings (SSSR count). The van der Waals surface area contributed by atoms with E-state index in [9.17, 15) is 14.9 Å². The number of hydrogen-bond acceptors (Lipinski definition) is 4. The number of carbonyl (C=O) groups excluding carboxylic acids is 1. The van der Waals surface area contributed by atoms with Gasteiger partial charge in [0.15, 0.2) is 5.78 Å². The summed E-state index contributed by atoms with van der Waals surface area (Å²) in [5.41, 5.74) is -0.00560. The highest BCUT2D eigenvalue weighted by Gasteiger charge is 2.22. The molecule has 5 heteroatoms. The molecule has 0 saturated carbocycles. The minimum absolute atomic E-state index is 0.143. The van der Waals surface area contributed by atoms with Gasteiger partial charge in [-0.05, 0) is 20.0 Å². The van der Waals surface area contributed by atoms with Crippen LogP contribution in [-0.2, 0) is 0 Å². The van der Waals surface area contributed by atoms with Crippen LogP contribution in [0.4, 0.5) is 5.69 Å². The van der Waals surface area contributed by atoms with E-state index in [0.29, 0.717) is 0 Å². The summed E-state index contributed by atoms with van der Waals surface area (Å²) in [4.78, 5) is 21.9. The van der Waals surface area contributed by atoms with Gasteiger partial charge in [0, 0.05) is 6.07 Å². The van der Waals surface area contributed by atoms with Crippen LogP contribution in [0.3, 0.4) is 0 Å². The predicted octanol–water partition coefficient (Wildman–Crippen LogP) is 1.39. The Balaban J connectivity index is 3.13. The molecule has 0 bridgehead atoms. The molecule has 1 aromatic carbocycles. The van der Waals surface area contributed by atoms with Gasteiger partial charge in [0.05, 0.1) is 16.5 Å². The van der Waals surface area contributed by atoms with Gasteiger partial charge in [-0.1, -0.05) is 12.1 Å². The van der Waals surface area contributed by atoms with Crippen LogP contribution >= 0.6 is 0 Å². The van der Waals surface area contributed by atoms with E-state index in [-0.39, 0.29) is 17.0 Å². The Morgan fingerprint density at radius 2 is 2.07 bits per heavy atom. The van der Waals surface area contributed by atoms with E-state index in [0.717, 1.165) is 0 Å². The minimum atomic E-state index is -0.546. The smallest absolute Gasteiger partial charge is 0.280 e. The van der Waals surface area contributed by atoms with Crippen LogP contribution in [0.5, 0.6) is 0 Å². The number of ketones is 1. The first kappa shape index (κ1) is 11.3. The molecule has 1 aromatic rings. The number of hydrogen-bond donors (Lipinski definition) is 1. The topological polar surface area (TPSA) is 72.2 Å². The van der Waals surface area contributed by atoms with Gasteiger partial charge in [0.25, 0.3) is 5.69 Å². The first-order valence-corrected chi connectivity index (χ1v) is 4.52. The molecule has 0 fully saturated rings. The number of Topliss-reactive ketones (excluding diaryl/α,β-unsaturated/α-hetero) is 1. The summed E-state index contributed by atoms with van der Waals surface area (Å²) in [6.45, 7) is 1.67. The molecular formula is C10H12N2O3. The molecule has 5 nitrogen and oxygen atoms in total. The van der Waals surface area contributed by atoms with Gasteiger partial charge in [-0.15, -0.1) is 0 Å². The highest BCUT2D eigenvalue weighted by Crippen LogP contribution is 2.19. The molecule has 0 heterocycles. The van der Waals surface area contributed by atoms with Crippen LogP contribution in [0, 0.1) is 10.1 Å². The van der Waals surface area contributed by atoms with Gasteiger partial charge in [-0.25, -0.2) is 0 Å². The van der Waals surface area contributed by atoms with Gasteiger partial charge in [-0.3, -0.25) is 14.9 Å². The Labute approximate surface area is 87.3 Å². The largest absolute Gasteiger partial charge is 0.310 e. The standard InChI is InChI=1S/C10H12N2O3/c1-7(11-2)10(13)8-5-3-4-6-9(8)12(14)15/h3-7,11H,1-2H3. The van der Waals surface area contributed by atoms with Crippen LogP contribution < -0.4 is 5.32 Å². The Bertz CT molecular complexity index is 390. The molecule has 0 radical (unpaired) electrons. The molecule has 80 valence electrons. The Morgan fingerprint density at radius 1 is 1.47 bits per heavy atom. The number of likely N-dealkylation sites (N-methyl/N-ethyl adjacent to an activating group) is 1. The zero-order valence-corrected chi connectivity index (χ0v) is 8.56. The second-order valence-electron chi connectivity index (χ2n) is 3.15. The van der Waals surface area contributed by atoms with Crippen LogP contribution in [-0.4, -0.2) is 23.8 Å². The van der Waals surface area contributed by atoms with Crippen LogP contribution in [0.2, 0.25) is 0 Å². The third kappa shape index (κ3) is 2.38. The SMILES string of the molecule is CNC(C)C(=O)c1ccccc1[N+](=O)[O-]. The molecule has 1 unspecified atom stereocenters. The molecule has 0 aliphatic carbocycles. The maximum atomic E-state index is 11.7. The average molecular weight is 208 g/mol. The first-order chi connectivity index (χ1) is 7.07. The van der Waals surface area contributed by atoms with Crippen molar-refractivity contribution < 1.29 is 9.72 Å². The average Bonchev–Trinajstić information content (AvgIpc) is 2.27. The third-order valence-electron chi connectivity index (χ3n) is 2.19. The summed E-state index contributed by atoms with van der Waals surface area (Å²) < 4.78 is 0. The lowest BCUT2D eigenvalue weighted by Gasteiger charge is -2.08. The van der Waals surface area contributed by atoms with Gasteiger partial charge < -0.3 is 5.32 Å². The normalized spacial score (nSPS) is 12.1. The monoisotopic (exact) mass is 208 g/mol.